The minimum absolute atomic E-state index is 0.0115. The highest BCUT2D eigenvalue weighted by atomic mass is 35.5. The Balaban J connectivity index is 1.69. The lowest BCUT2D eigenvalue weighted by Gasteiger charge is -2.44. The smallest absolute Gasteiger partial charge is 0.240 e. The van der Waals surface area contributed by atoms with Gasteiger partial charge in [0, 0.05) is 43.3 Å². The maximum atomic E-state index is 12.8. The van der Waals surface area contributed by atoms with Crippen molar-refractivity contribution < 1.29 is 8.42 Å². The Hall–Kier alpha value is -0.660. The summed E-state index contributed by atoms with van der Waals surface area (Å²) in [5.41, 5.74) is 0. The van der Waals surface area contributed by atoms with Gasteiger partial charge in [-0.25, -0.2) is 13.1 Å². The molecule has 140 valence electrons. The van der Waals surface area contributed by atoms with Gasteiger partial charge in [0.05, 0.1) is 4.90 Å². The van der Waals surface area contributed by atoms with Gasteiger partial charge in [-0.15, -0.1) is 0 Å². The Labute approximate surface area is 156 Å². The molecule has 2 atom stereocenters. The van der Waals surface area contributed by atoms with Gasteiger partial charge in [0.15, 0.2) is 0 Å². The van der Waals surface area contributed by atoms with Crippen molar-refractivity contribution in [3.8, 4) is 0 Å². The van der Waals surface area contributed by atoms with E-state index in [1.807, 2.05) is 0 Å². The molecule has 0 bridgehead atoms. The van der Waals surface area contributed by atoms with Crippen LogP contribution in [-0.4, -0.2) is 63.0 Å². The molecule has 0 amide bonds. The van der Waals surface area contributed by atoms with Crippen molar-refractivity contribution in [1.29, 1.82) is 0 Å². The van der Waals surface area contributed by atoms with Gasteiger partial charge < -0.3 is 4.90 Å². The third-order valence-corrected chi connectivity index (χ3v) is 7.24. The third kappa shape index (κ3) is 4.74. The van der Waals surface area contributed by atoms with E-state index in [1.54, 1.807) is 24.3 Å². The molecule has 2 fully saturated rings. The Morgan fingerprint density at radius 1 is 1.08 bits per heavy atom. The average Bonchev–Trinajstić information content (AvgIpc) is 2.62. The predicted octanol–water partition coefficient (Wildman–Crippen LogP) is 2.57. The van der Waals surface area contributed by atoms with Gasteiger partial charge in [0.1, 0.15) is 0 Å². The van der Waals surface area contributed by atoms with Crippen LogP contribution in [0.4, 0.5) is 0 Å². The molecule has 0 radical (unpaired) electrons. The first-order chi connectivity index (χ1) is 12.0. The summed E-state index contributed by atoms with van der Waals surface area (Å²) in [5, 5.41) is 0.545. The maximum absolute atomic E-state index is 12.8. The molecule has 0 unspecified atom stereocenters. The normalized spacial score (nSPS) is 26.6. The van der Waals surface area contributed by atoms with Crippen LogP contribution < -0.4 is 4.72 Å². The number of piperazine rings is 1. The van der Waals surface area contributed by atoms with E-state index in [1.165, 1.54) is 6.42 Å². The summed E-state index contributed by atoms with van der Waals surface area (Å²) in [4.78, 5) is 5.23. The molecular weight excluding hydrogens is 358 g/mol. The molecule has 1 saturated carbocycles. The van der Waals surface area contributed by atoms with E-state index in [0.717, 1.165) is 52.0 Å². The Bertz CT molecular complexity index is 657. The van der Waals surface area contributed by atoms with Crippen LogP contribution in [0.5, 0.6) is 0 Å². The largest absolute Gasteiger partial charge is 0.301 e. The summed E-state index contributed by atoms with van der Waals surface area (Å²) in [6.07, 6.45) is 4.24. The lowest BCUT2D eigenvalue weighted by molar-refractivity contribution is 0.0685. The summed E-state index contributed by atoms with van der Waals surface area (Å²) in [5.74, 6) is 0. The Morgan fingerprint density at radius 3 is 2.36 bits per heavy atom. The first-order valence-corrected chi connectivity index (χ1v) is 11.1. The molecule has 25 heavy (non-hydrogen) atoms. The van der Waals surface area contributed by atoms with Crippen molar-refractivity contribution in [2.75, 3.05) is 32.7 Å². The van der Waals surface area contributed by atoms with Crippen LogP contribution in [0.25, 0.3) is 0 Å². The van der Waals surface area contributed by atoms with E-state index in [0.29, 0.717) is 11.1 Å². The fourth-order valence-electron chi connectivity index (χ4n) is 3.98. The van der Waals surface area contributed by atoms with E-state index in [9.17, 15) is 8.42 Å². The third-order valence-electron chi connectivity index (χ3n) is 5.48. The molecule has 1 N–H and O–H groups in total. The van der Waals surface area contributed by atoms with Crippen molar-refractivity contribution in [2.24, 2.45) is 0 Å². The number of likely N-dealkylation sites (N-methyl/N-ethyl adjacent to an activating group) is 1. The number of halogens is 1. The second kappa shape index (κ2) is 8.35. The average molecular weight is 386 g/mol. The number of nitrogens with one attached hydrogen (secondary N) is 1. The number of benzene rings is 1. The van der Waals surface area contributed by atoms with Crippen LogP contribution in [0.3, 0.4) is 0 Å². The second-order valence-electron chi connectivity index (χ2n) is 7.00. The van der Waals surface area contributed by atoms with Gasteiger partial charge in [0.2, 0.25) is 10.0 Å². The zero-order valence-corrected chi connectivity index (χ0v) is 16.4. The van der Waals surface area contributed by atoms with Gasteiger partial charge in [0.25, 0.3) is 0 Å². The van der Waals surface area contributed by atoms with E-state index in [-0.39, 0.29) is 10.9 Å². The molecule has 0 spiro atoms. The summed E-state index contributed by atoms with van der Waals surface area (Å²) in [6.45, 7) is 7.48. The first kappa shape index (κ1) is 19.1. The molecule has 1 aromatic rings. The molecular formula is C18H28ClN3O2S. The molecule has 1 aromatic carbocycles. The SMILES string of the molecule is CCN1CCN([C@@H]2CCCC[C@@H]2NS(=O)(=O)c2ccc(Cl)cc2)CC1. The van der Waals surface area contributed by atoms with Crippen LogP contribution in [0.1, 0.15) is 32.6 Å². The van der Waals surface area contributed by atoms with Crippen molar-refractivity contribution in [3.63, 3.8) is 0 Å². The minimum Gasteiger partial charge on any atom is -0.301 e. The maximum Gasteiger partial charge on any atom is 0.240 e. The number of hydrogen-bond donors (Lipinski definition) is 1. The van der Waals surface area contributed by atoms with E-state index >= 15 is 0 Å². The van der Waals surface area contributed by atoms with Crippen LogP contribution in [-0.2, 0) is 10.0 Å². The van der Waals surface area contributed by atoms with Gasteiger partial charge in [-0.1, -0.05) is 31.4 Å². The monoisotopic (exact) mass is 385 g/mol. The van der Waals surface area contributed by atoms with Crippen molar-refractivity contribution in [1.82, 2.24) is 14.5 Å². The topological polar surface area (TPSA) is 52.6 Å². The zero-order valence-electron chi connectivity index (χ0n) is 14.8. The quantitative estimate of drug-likeness (QED) is 0.846. The summed E-state index contributed by atoms with van der Waals surface area (Å²) >= 11 is 5.88. The molecule has 5 nitrogen and oxygen atoms in total. The highest BCUT2D eigenvalue weighted by molar-refractivity contribution is 7.89. The lowest BCUT2D eigenvalue weighted by atomic mass is 9.89. The van der Waals surface area contributed by atoms with E-state index in [4.69, 9.17) is 11.6 Å². The molecule has 1 aliphatic heterocycles. The van der Waals surface area contributed by atoms with Crippen LogP contribution >= 0.6 is 11.6 Å². The zero-order chi connectivity index (χ0) is 17.9. The van der Waals surface area contributed by atoms with Crippen molar-refractivity contribution in [2.45, 2.75) is 49.6 Å². The molecule has 1 aliphatic carbocycles. The van der Waals surface area contributed by atoms with Crippen LogP contribution in [0.2, 0.25) is 5.02 Å². The summed E-state index contributed by atoms with van der Waals surface area (Å²) in [6, 6.07) is 6.68. The molecule has 1 heterocycles. The predicted molar refractivity (Wildman–Crippen MR) is 102 cm³/mol. The van der Waals surface area contributed by atoms with Gasteiger partial charge in [-0.2, -0.15) is 0 Å². The fraction of sp³-hybridized carbons (Fsp3) is 0.667. The molecule has 2 aliphatic rings. The summed E-state index contributed by atoms with van der Waals surface area (Å²) in [7, 11) is -3.51. The van der Waals surface area contributed by atoms with E-state index < -0.39 is 10.0 Å². The lowest BCUT2D eigenvalue weighted by Crippen LogP contribution is -2.58. The Kier molecular flexibility index (Phi) is 6.39. The number of hydrogen-bond acceptors (Lipinski definition) is 4. The van der Waals surface area contributed by atoms with Gasteiger partial charge in [-0.05, 0) is 43.7 Å². The van der Waals surface area contributed by atoms with Crippen LogP contribution in [0.15, 0.2) is 29.2 Å². The highest BCUT2D eigenvalue weighted by Gasteiger charge is 2.34. The second-order valence-corrected chi connectivity index (χ2v) is 9.15. The van der Waals surface area contributed by atoms with E-state index in [2.05, 4.69) is 21.4 Å². The molecule has 3 rings (SSSR count). The molecule has 0 aromatic heterocycles. The molecule has 1 saturated heterocycles. The number of rotatable bonds is 5. The molecule has 7 heteroatoms. The number of sulfonamides is 1. The minimum atomic E-state index is -3.51. The summed E-state index contributed by atoms with van der Waals surface area (Å²) < 4.78 is 28.5. The number of nitrogens with zero attached hydrogens (tertiary/aromatic N) is 2. The van der Waals surface area contributed by atoms with Gasteiger partial charge in [-0.3, -0.25) is 4.90 Å². The van der Waals surface area contributed by atoms with Gasteiger partial charge >= 0.3 is 0 Å². The van der Waals surface area contributed by atoms with Crippen molar-refractivity contribution in [3.05, 3.63) is 29.3 Å². The standard InChI is InChI=1S/C18H28ClN3O2S/c1-2-21-11-13-22(14-12-21)18-6-4-3-5-17(18)20-25(23,24)16-9-7-15(19)8-10-16/h7-10,17-18,20H,2-6,11-14H2,1H3/t17-,18+/m0/s1. The Morgan fingerprint density at radius 2 is 1.72 bits per heavy atom. The van der Waals surface area contributed by atoms with Crippen molar-refractivity contribution >= 4 is 21.6 Å². The first-order valence-electron chi connectivity index (χ1n) is 9.24. The fourth-order valence-corrected chi connectivity index (χ4v) is 5.41. The highest BCUT2D eigenvalue weighted by Crippen LogP contribution is 2.26. The van der Waals surface area contributed by atoms with Crippen LogP contribution in [0, 0.1) is 0 Å².